The average Bonchev–Trinajstić information content (AvgIpc) is 2.29. The second-order valence-corrected chi connectivity index (χ2v) is 4.24. The Morgan fingerprint density at radius 2 is 2.12 bits per heavy atom. The summed E-state index contributed by atoms with van der Waals surface area (Å²) >= 11 is 3.15. The number of aromatic nitrogens is 1. The van der Waals surface area contributed by atoms with Gasteiger partial charge in [0, 0.05) is 22.6 Å². The summed E-state index contributed by atoms with van der Waals surface area (Å²) in [6.07, 6.45) is 2.80. The van der Waals surface area contributed by atoms with E-state index in [9.17, 15) is 9.18 Å². The highest BCUT2D eigenvalue weighted by atomic mass is 79.9. The van der Waals surface area contributed by atoms with Crippen molar-refractivity contribution in [3.63, 3.8) is 0 Å². The van der Waals surface area contributed by atoms with E-state index in [-0.39, 0.29) is 16.8 Å². The first-order valence-corrected chi connectivity index (χ1v) is 5.58. The third kappa shape index (κ3) is 2.19. The van der Waals surface area contributed by atoms with Crippen LogP contribution in [0.5, 0.6) is 0 Å². The van der Waals surface area contributed by atoms with Gasteiger partial charge in [0.2, 0.25) is 5.78 Å². The fourth-order valence-corrected chi connectivity index (χ4v) is 1.97. The molecule has 0 aliphatic carbocycles. The predicted molar refractivity (Wildman–Crippen MR) is 66.2 cm³/mol. The van der Waals surface area contributed by atoms with E-state index in [0.717, 1.165) is 0 Å². The van der Waals surface area contributed by atoms with E-state index in [2.05, 4.69) is 20.9 Å². The molecule has 0 aliphatic rings. The Morgan fingerprint density at radius 3 is 2.76 bits per heavy atom. The van der Waals surface area contributed by atoms with Gasteiger partial charge in [0.1, 0.15) is 5.82 Å². The number of nitrogens with two attached hydrogens (primary N) is 1. The highest BCUT2D eigenvalue weighted by Gasteiger charge is 2.19. The number of pyridine rings is 1. The molecule has 2 rings (SSSR count). The van der Waals surface area contributed by atoms with Gasteiger partial charge in [-0.1, -0.05) is 6.07 Å². The van der Waals surface area contributed by atoms with Crippen molar-refractivity contribution in [1.29, 1.82) is 0 Å². The van der Waals surface area contributed by atoms with Gasteiger partial charge >= 0.3 is 0 Å². The molecule has 17 heavy (non-hydrogen) atoms. The molecule has 0 radical (unpaired) electrons. The number of carbonyl (C=O) groups is 1. The highest BCUT2D eigenvalue weighted by Crippen LogP contribution is 2.24. The third-order valence-electron chi connectivity index (χ3n) is 2.29. The number of rotatable bonds is 2. The lowest BCUT2D eigenvalue weighted by Gasteiger charge is -2.06. The molecule has 0 fully saturated rings. The zero-order chi connectivity index (χ0) is 12.4. The van der Waals surface area contributed by atoms with E-state index in [0.29, 0.717) is 4.47 Å². The average molecular weight is 295 g/mol. The number of halogens is 2. The minimum absolute atomic E-state index is 0.0350. The first-order chi connectivity index (χ1) is 8.11. The smallest absolute Gasteiger partial charge is 0.200 e. The van der Waals surface area contributed by atoms with Gasteiger partial charge in [0.05, 0.1) is 11.1 Å². The van der Waals surface area contributed by atoms with E-state index in [1.165, 1.54) is 30.6 Å². The van der Waals surface area contributed by atoms with Crippen LogP contribution in [0.2, 0.25) is 0 Å². The van der Waals surface area contributed by atoms with Gasteiger partial charge in [-0.2, -0.15) is 0 Å². The monoisotopic (exact) mass is 294 g/mol. The minimum Gasteiger partial charge on any atom is -0.398 e. The zero-order valence-corrected chi connectivity index (χ0v) is 10.2. The Labute approximate surface area is 106 Å². The van der Waals surface area contributed by atoms with Gasteiger partial charge in [0.15, 0.2) is 0 Å². The minimum atomic E-state index is -0.590. The summed E-state index contributed by atoms with van der Waals surface area (Å²) in [7, 11) is 0. The Hall–Kier alpha value is -1.75. The van der Waals surface area contributed by atoms with Crippen molar-refractivity contribution in [2.24, 2.45) is 0 Å². The Balaban J connectivity index is 2.56. The van der Waals surface area contributed by atoms with Gasteiger partial charge in [-0.3, -0.25) is 9.78 Å². The molecular formula is C12H8BrFN2O. The zero-order valence-electron chi connectivity index (χ0n) is 8.65. The maximum absolute atomic E-state index is 13.6. The van der Waals surface area contributed by atoms with Crippen molar-refractivity contribution in [1.82, 2.24) is 4.98 Å². The fourth-order valence-electron chi connectivity index (χ4n) is 1.44. The lowest BCUT2D eigenvalue weighted by molar-refractivity contribution is 0.103. The van der Waals surface area contributed by atoms with Crippen molar-refractivity contribution >= 4 is 27.4 Å². The van der Waals surface area contributed by atoms with Gasteiger partial charge in [0.25, 0.3) is 0 Å². The SMILES string of the molecule is Nc1ccncc1C(=O)c1c(F)cccc1Br. The topological polar surface area (TPSA) is 56.0 Å². The molecule has 0 unspecified atom stereocenters. The van der Waals surface area contributed by atoms with Crippen LogP contribution in [0.15, 0.2) is 41.1 Å². The number of ketones is 1. The first-order valence-electron chi connectivity index (χ1n) is 4.79. The van der Waals surface area contributed by atoms with Crippen LogP contribution >= 0.6 is 15.9 Å². The summed E-state index contributed by atoms with van der Waals surface area (Å²) in [5.74, 6) is -1.08. The molecular weight excluding hydrogens is 287 g/mol. The third-order valence-corrected chi connectivity index (χ3v) is 2.95. The molecule has 3 nitrogen and oxygen atoms in total. The van der Waals surface area contributed by atoms with Gasteiger partial charge in [-0.05, 0) is 34.1 Å². The summed E-state index contributed by atoms with van der Waals surface area (Å²) in [5, 5.41) is 0. The summed E-state index contributed by atoms with van der Waals surface area (Å²) < 4.78 is 14.0. The number of hydrogen-bond acceptors (Lipinski definition) is 3. The summed E-state index contributed by atoms with van der Waals surface area (Å²) in [6, 6.07) is 5.85. The second kappa shape index (κ2) is 4.63. The molecule has 5 heteroatoms. The molecule has 0 saturated heterocycles. The molecule has 0 amide bonds. The Kier molecular flexibility index (Phi) is 3.19. The molecule has 0 saturated carbocycles. The van der Waals surface area contributed by atoms with Crippen molar-refractivity contribution < 1.29 is 9.18 Å². The van der Waals surface area contributed by atoms with E-state index >= 15 is 0 Å². The quantitative estimate of drug-likeness (QED) is 0.867. The lowest BCUT2D eigenvalue weighted by atomic mass is 10.0. The van der Waals surface area contributed by atoms with Crippen molar-refractivity contribution in [3.8, 4) is 0 Å². The van der Waals surface area contributed by atoms with Crippen LogP contribution in [0.1, 0.15) is 15.9 Å². The summed E-state index contributed by atoms with van der Waals surface area (Å²) in [4.78, 5) is 15.9. The molecule has 86 valence electrons. The van der Waals surface area contributed by atoms with Crippen LogP contribution in [-0.4, -0.2) is 10.8 Å². The number of carbonyl (C=O) groups excluding carboxylic acids is 1. The fraction of sp³-hybridized carbons (Fsp3) is 0. The molecule has 2 aromatic rings. The lowest BCUT2D eigenvalue weighted by Crippen LogP contribution is -2.08. The van der Waals surface area contributed by atoms with E-state index < -0.39 is 11.6 Å². The number of hydrogen-bond donors (Lipinski definition) is 1. The second-order valence-electron chi connectivity index (χ2n) is 3.39. The van der Waals surface area contributed by atoms with E-state index in [1.54, 1.807) is 6.07 Å². The van der Waals surface area contributed by atoms with E-state index in [1.807, 2.05) is 0 Å². The molecule has 1 aromatic heterocycles. The maximum atomic E-state index is 13.6. The maximum Gasteiger partial charge on any atom is 0.200 e. The summed E-state index contributed by atoms with van der Waals surface area (Å²) in [5.41, 5.74) is 6.10. The first kappa shape index (κ1) is 11.7. The normalized spacial score (nSPS) is 10.2. The number of anilines is 1. The van der Waals surface area contributed by atoms with Crippen LogP contribution in [0.4, 0.5) is 10.1 Å². The highest BCUT2D eigenvalue weighted by molar-refractivity contribution is 9.10. The van der Waals surface area contributed by atoms with E-state index in [4.69, 9.17) is 5.73 Å². The molecule has 0 spiro atoms. The van der Waals surface area contributed by atoms with Crippen LogP contribution < -0.4 is 5.73 Å². The molecule has 0 bridgehead atoms. The Morgan fingerprint density at radius 1 is 1.35 bits per heavy atom. The van der Waals surface area contributed by atoms with Crippen LogP contribution in [0.25, 0.3) is 0 Å². The van der Waals surface area contributed by atoms with Gasteiger partial charge in [-0.15, -0.1) is 0 Å². The van der Waals surface area contributed by atoms with Crippen molar-refractivity contribution in [2.45, 2.75) is 0 Å². The largest absolute Gasteiger partial charge is 0.398 e. The molecule has 0 aliphatic heterocycles. The molecule has 0 atom stereocenters. The van der Waals surface area contributed by atoms with Crippen LogP contribution in [0.3, 0.4) is 0 Å². The number of nitrogen functional groups attached to an aromatic ring is 1. The van der Waals surface area contributed by atoms with Crippen LogP contribution in [0, 0.1) is 5.82 Å². The Bertz CT molecular complexity index is 566. The molecule has 2 N–H and O–H groups in total. The number of nitrogens with zero attached hydrogens (tertiary/aromatic N) is 1. The van der Waals surface area contributed by atoms with Gasteiger partial charge < -0.3 is 5.73 Å². The van der Waals surface area contributed by atoms with Gasteiger partial charge in [-0.25, -0.2) is 4.39 Å². The molecule has 1 aromatic carbocycles. The summed E-state index contributed by atoms with van der Waals surface area (Å²) in [6.45, 7) is 0. The predicted octanol–water partition coefficient (Wildman–Crippen LogP) is 2.80. The standard InChI is InChI=1S/C12H8BrFN2O/c13-8-2-1-3-9(14)11(8)12(17)7-6-16-5-4-10(7)15/h1-6H,(H2,15,16). The molecule has 1 heterocycles. The van der Waals surface area contributed by atoms with Crippen LogP contribution in [-0.2, 0) is 0 Å². The number of benzene rings is 1. The van der Waals surface area contributed by atoms with Crippen molar-refractivity contribution in [3.05, 3.63) is 58.1 Å². The van der Waals surface area contributed by atoms with Crippen molar-refractivity contribution in [2.75, 3.05) is 5.73 Å².